The number of carbonyl (C=O) groups is 2. The Morgan fingerprint density at radius 2 is 1.82 bits per heavy atom. The zero-order valence-electron chi connectivity index (χ0n) is 26.6. The van der Waals surface area contributed by atoms with E-state index < -0.39 is 0 Å². The summed E-state index contributed by atoms with van der Waals surface area (Å²) >= 11 is 0. The van der Waals surface area contributed by atoms with Crippen LogP contribution in [0.1, 0.15) is 68.8 Å². The second kappa shape index (κ2) is 13.7. The van der Waals surface area contributed by atoms with Crippen molar-refractivity contribution in [1.29, 1.82) is 0 Å². The minimum absolute atomic E-state index is 0.0826. The van der Waals surface area contributed by atoms with Crippen LogP contribution in [0.3, 0.4) is 0 Å². The first-order valence-electron chi connectivity index (χ1n) is 15.7. The lowest BCUT2D eigenvalue weighted by atomic mass is 9.91. The van der Waals surface area contributed by atoms with Crippen molar-refractivity contribution >= 4 is 23.4 Å². The maximum atomic E-state index is 14.1. The van der Waals surface area contributed by atoms with Gasteiger partial charge in [-0.1, -0.05) is 39.0 Å². The Kier molecular flexibility index (Phi) is 9.77. The van der Waals surface area contributed by atoms with Gasteiger partial charge in [0.05, 0.1) is 38.0 Å². The number of hydrogen-bond acceptors (Lipinski definition) is 7. The van der Waals surface area contributed by atoms with Gasteiger partial charge in [0.15, 0.2) is 0 Å². The van der Waals surface area contributed by atoms with Gasteiger partial charge in [0.25, 0.3) is 5.91 Å². The minimum atomic E-state index is -0.137. The van der Waals surface area contributed by atoms with E-state index in [9.17, 15) is 9.59 Å². The van der Waals surface area contributed by atoms with E-state index in [1.807, 2.05) is 55.5 Å². The Bertz CT molecular complexity index is 1430. The number of rotatable bonds is 13. The molecule has 2 aliphatic rings. The lowest BCUT2D eigenvalue weighted by Gasteiger charge is -2.42. The van der Waals surface area contributed by atoms with Crippen molar-refractivity contribution in [3.63, 3.8) is 0 Å². The van der Waals surface area contributed by atoms with Crippen LogP contribution in [0, 0.1) is 17.3 Å². The molecule has 1 aliphatic carbocycles. The number of anilines is 2. The number of ether oxygens (including phenoxy) is 3. The number of esters is 1. The van der Waals surface area contributed by atoms with E-state index in [2.05, 4.69) is 42.8 Å². The maximum absolute atomic E-state index is 14.1. The molecule has 0 radical (unpaired) electrons. The van der Waals surface area contributed by atoms with Gasteiger partial charge in [0.1, 0.15) is 17.3 Å². The standard InChI is InChI=1S/C36H45N3O5/c1-6-43-34(40)20-31(26-13-14-26)27-10-9-11-29(18-27)44-23-25-21-38(22-25)32-19-28(42-5)15-16-30(32)35(41)39(24-36(2,3)4)33-12-7-8-17-37-33/h7-12,15-19,25-26,31H,6,13-14,20-24H2,1-5H3. The molecule has 1 aliphatic heterocycles. The summed E-state index contributed by atoms with van der Waals surface area (Å²) in [5.41, 5.74) is 2.50. The molecule has 8 heteroatoms. The van der Waals surface area contributed by atoms with Crippen LogP contribution in [-0.2, 0) is 9.53 Å². The van der Waals surface area contributed by atoms with Crippen molar-refractivity contribution in [3.8, 4) is 11.5 Å². The number of pyridine rings is 1. The quantitative estimate of drug-likeness (QED) is 0.201. The van der Waals surface area contributed by atoms with Crippen LogP contribution in [0.25, 0.3) is 0 Å². The molecule has 1 saturated carbocycles. The number of carbonyl (C=O) groups excluding carboxylic acids is 2. The topological polar surface area (TPSA) is 81.2 Å². The lowest BCUT2D eigenvalue weighted by Crippen LogP contribution is -2.50. The molecule has 0 N–H and O–H groups in total. The van der Waals surface area contributed by atoms with Gasteiger partial charge >= 0.3 is 5.97 Å². The van der Waals surface area contributed by atoms with E-state index in [1.165, 1.54) is 0 Å². The summed E-state index contributed by atoms with van der Waals surface area (Å²) in [7, 11) is 1.64. The summed E-state index contributed by atoms with van der Waals surface area (Å²) in [4.78, 5) is 34.8. The van der Waals surface area contributed by atoms with Gasteiger partial charge in [-0.05, 0) is 79.0 Å². The van der Waals surface area contributed by atoms with Crippen LogP contribution in [0.4, 0.5) is 11.5 Å². The Morgan fingerprint density at radius 3 is 2.48 bits per heavy atom. The molecule has 1 amide bonds. The second-order valence-electron chi connectivity index (χ2n) is 13.1. The van der Waals surface area contributed by atoms with Crippen molar-refractivity contribution in [2.75, 3.05) is 49.8 Å². The number of aromatic nitrogens is 1. The van der Waals surface area contributed by atoms with Crippen molar-refractivity contribution in [1.82, 2.24) is 4.98 Å². The molecule has 3 aromatic rings. The molecule has 2 heterocycles. The van der Waals surface area contributed by atoms with Crippen LogP contribution in [0.5, 0.6) is 11.5 Å². The van der Waals surface area contributed by atoms with E-state index in [1.54, 1.807) is 18.2 Å². The second-order valence-corrected chi connectivity index (χ2v) is 13.1. The largest absolute Gasteiger partial charge is 0.497 e. The third kappa shape index (κ3) is 7.90. The molecule has 5 rings (SSSR count). The van der Waals surface area contributed by atoms with Gasteiger partial charge in [0, 0.05) is 37.8 Å². The molecule has 8 nitrogen and oxygen atoms in total. The zero-order valence-corrected chi connectivity index (χ0v) is 26.6. The molecule has 0 bridgehead atoms. The van der Waals surface area contributed by atoms with Crippen LogP contribution in [0.2, 0.25) is 0 Å². The highest BCUT2D eigenvalue weighted by molar-refractivity contribution is 6.09. The molecular weight excluding hydrogens is 554 g/mol. The average molecular weight is 600 g/mol. The first-order valence-corrected chi connectivity index (χ1v) is 15.7. The fourth-order valence-corrected chi connectivity index (χ4v) is 5.85. The highest BCUT2D eigenvalue weighted by atomic mass is 16.5. The fourth-order valence-electron chi connectivity index (χ4n) is 5.85. The molecule has 2 aromatic carbocycles. The summed E-state index contributed by atoms with van der Waals surface area (Å²) in [6.45, 7) is 11.2. The molecule has 1 unspecified atom stereocenters. The molecule has 0 spiro atoms. The normalized spacial score (nSPS) is 15.7. The Labute approximate surface area is 261 Å². The van der Waals surface area contributed by atoms with Gasteiger partial charge in [-0.3, -0.25) is 14.5 Å². The molecule has 44 heavy (non-hydrogen) atoms. The van der Waals surface area contributed by atoms with Gasteiger partial charge in [-0.25, -0.2) is 4.98 Å². The number of amides is 1. The summed E-state index contributed by atoms with van der Waals surface area (Å²) in [6, 6.07) is 19.5. The van der Waals surface area contributed by atoms with Crippen LogP contribution >= 0.6 is 0 Å². The van der Waals surface area contributed by atoms with Gasteiger partial charge in [0.2, 0.25) is 0 Å². The zero-order chi connectivity index (χ0) is 31.3. The molecule has 1 saturated heterocycles. The average Bonchev–Trinajstić information content (AvgIpc) is 3.83. The Balaban J connectivity index is 1.26. The molecule has 234 valence electrons. The van der Waals surface area contributed by atoms with Crippen molar-refractivity contribution in [3.05, 3.63) is 78.0 Å². The Morgan fingerprint density at radius 1 is 1.02 bits per heavy atom. The van der Waals surface area contributed by atoms with E-state index in [0.29, 0.717) is 55.1 Å². The molecule has 2 fully saturated rings. The number of benzene rings is 2. The van der Waals surface area contributed by atoms with Gasteiger partial charge < -0.3 is 19.1 Å². The first kappa shape index (κ1) is 31.4. The highest BCUT2D eigenvalue weighted by Gasteiger charge is 2.35. The van der Waals surface area contributed by atoms with E-state index in [4.69, 9.17) is 14.2 Å². The van der Waals surface area contributed by atoms with Crippen LogP contribution in [0.15, 0.2) is 66.9 Å². The van der Waals surface area contributed by atoms with Crippen molar-refractivity contribution in [2.24, 2.45) is 17.3 Å². The van der Waals surface area contributed by atoms with E-state index in [-0.39, 0.29) is 23.2 Å². The van der Waals surface area contributed by atoms with Crippen LogP contribution in [-0.4, -0.2) is 56.8 Å². The summed E-state index contributed by atoms with van der Waals surface area (Å²) in [5, 5.41) is 0. The minimum Gasteiger partial charge on any atom is -0.497 e. The summed E-state index contributed by atoms with van der Waals surface area (Å²) in [5.74, 6) is 2.96. The predicted octanol–water partition coefficient (Wildman–Crippen LogP) is 6.75. The first-order chi connectivity index (χ1) is 21.1. The molecular formula is C36H45N3O5. The highest BCUT2D eigenvalue weighted by Crippen LogP contribution is 2.45. The third-order valence-electron chi connectivity index (χ3n) is 8.19. The van der Waals surface area contributed by atoms with Crippen LogP contribution < -0.4 is 19.3 Å². The predicted molar refractivity (Wildman–Crippen MR) is 173 cm³/mol. The van der Waals surface area contributed by atoms with Gasteiger partial charge in [-0.2, -0.15) is 0 Å². The van der Waals surface area contributed by atoms with E-state index >= 15 is 0 Å². The van der Waals surface area contributed by atoms with E-state index in [0.717, 1.165) is 42.9 Å². The van der Waals surface area contributed by atoms with Crippen molar-refractivity contribution in [2.45, 2.75) is 52.9 Å². The smallest absolute Gasteiger partial charge is 0.306 e. The van der Waals surface area contributed by atoms with Crippen molar-refractivity contribution < 1.29 is 23.8 Å². The Hall–Kier alpha value is -4.07. The lowest BCUT2D eigenvalue weighted by molar-refractivity contribution is -0.143. The monoisotopic (exact) mass is 599 g/mol. The fraction of sp³-hybridized carbons (Fsp3) is 0.472. The number of methoxy groups -OCH3 is 1. The molecule has 1 atom stereocenters. The summed E-state index contributed by atoms with van der Waals surface area (Å²) < 4.78 is 17.0. The number of hydrogen-bond donors (Lipinski definition) is 0. The molecule has 1 aromatic heterocycles. The third-order valence-corrected chi connectivity index (χ3v) is 8.19. The number of nitrogens with zero attached hydrogens (tertiary/aromatic N) is 3. The maximum Gasteiger partial charge on any atom is 0.306 e. The summed E-state index contributed by atoms with van der Waals surface area (Å²) in [6.07, 6.45) is 4.43. The van der Waals surface area contributed by atoms with Gasteiger partial charge in [-0.15, -0.1) is 0 Å². The SMILES string of the molecule is CCOC(=O)CC(c1cccc(OCC2CN(c3cc(OC)ccc3C(=O)N(CC(C)(C)C)c3ccccn3)C2)c1)C1CC1.